The van der Waals surface area contributed by atoms with Crippen molar-refractivity contribution in [3.05, 3.63) is 36.0 Å². The highest BCUT2D eigenvalue weighted by Crippen LogP contribution is 2.21. The number of aromatic nitrogens is 1. The molecule has 0 unspecified atom stereocenters. The number of imide groups is 1. The molecule has 0 spiro atoms. The van der Waals surface area contributed by atoms with Crippen molar-refractivity contribution in [1.82, 2.24) is 20.5 Å². The van der Waals surface area contributed by atoms with E-state index in [9.17, 15) is 14.4 Å². The number of hydrogen-bond donors (Lipinski definition) is 3. The number of benzene rings is 1. The number of hydrogen-bond acceptors (Lipinski definition) is 3. The number of nitrogens with zero attached hydrogens (tertiary/aromatic N) is 1. The minimum Gasteiger partial charge on any atom is -0.361 e. The minimum atomic E-state index is -0.638. The highest BCUT2D eigenvalue weighted by atomic mass is 16.2. The van der Waals surface area contributed by atoms with Crippen molar-refractivity contribution in [2.75, 3.05) is 6.54 Å². The topological polar surface area (TPSA) is 94.3 Å². The van der Waals surface area contributed by atoms with Crippen LogP contribution < -0.4 is 10.6 Å². The first-order valence-corrected chi connectivity index (χ1v) is 9.08. The van der Waals surface area contributed by atoms with Crippen LogP contribution in [0.4, 0.5) is 4.79 Å². The molecule has 0 bridgehead atoms. The number of amides is 4. The molecule has 2 fully saturated rings. The van der Waals surface area contributed by atoms with E-state index in [-0.39, 0.29) is 24.4 Å². The summed E-state index contributed by atoms with van der Waals surface area (Å²) in [5.74, 6) is -0.616. The van der Waals surface area contributed by atoms with Crippen molar-refractivity contribution in [3.8, 4) is 0 Å². The maximum atomic E-state index is 12.6. The largest absolute Gasteiger partial charge is 0.361 e. The van der Waals surface area contributed by atoms with E-state index in [1.807, 2.05) is 30.5 Å². The van der Waals surface area contributed by atoms with Crippen LogP contribution in [-0.2, 0) is 16.0 Å². The summed E-state index contributed by atoms with van der Waals surface area (Å²) in [5, 5.41) is 6.65. The molecular weight excluding hydrogens is 332 g/mol. The molecule has 1 atom stereocenters. The lowest BCUT2D eigenvalue weighted by molar-refractivity contribution is -0.132. The third kappa shape index (κ3) is 3.16. The Bertz CT molecular complexity index is 853. The predicted molar refractivity (Wildman–Crippen MR) is 96.4 cm³/mol. The maximum absolute atomic E-state index is 12.6. The summed E-state index contributed by atoms with van der Waals surface area (Å²) >= 11 is 0. The third-order valence-electron chi connectivity index (χ3n) is 5.23. The zero-order valence-electron chi connectivity index (χ0n) is 14.5. The molecule has 1 aromatic carbocycles. The van der Waals surface area contributed by atoms with Gasteiger partial charge < -0.3 is 15.6 Å². The van der Waals surface area contributed by atoms with Crippen LogP contribution in [0.5, 0.6) is 0 Å². The van der Waals surface area contributed by atoms with Crippen LogP contribution in [0.1, 0.15) is 31.2 Å². The Morgan fingerprint density at radius 1 is 1.19 bits per heavy atom. The van der Waals surface area contributed by atoms with Gasteiger partial charge >= 0.3 is 6.03 Å². The van der Waals surface area contributed by atoms with E-state index in [0.717, 1.165) is 47.0 Å². The van der Waals surface area contributed by atoms with Crippen molar-refractivity contribution >= 4 is 28.7 Å². The highest BCUT2D eigenvalue weighted by molar-refractivity contribution is 6.06. The number of nitrogens with one attached hydrogen (secondary N) is 3. The maximum Gasteiger partial charge on any atom is 0.325 e. The van der Waals surface area contributed by atoms with E-state index >= 15 is 0 Å². The third-order valence-corrected chi connectivity index (χ3v) is 5.23. The fraction of sp³-hybridized carbons (Fsp3) is 0.421. The SMILES string of the molecule is O=C(CN1C(=O)N[C@H](Cc2c[nH]c3ccccc23)C1=O)NC1CCCC1. The number of para-hydroxylation sites is 1. The standard InChI is InChI=1S/C19H22N4O3/c24-17(21-13-5-1-2-6-13)11-23-18(25)16(22-19(23)26)9-12-10-20-15-8-4-3-7-14(12)15/h3-4,7-8,10,13,16,20H,1-2,5-6,9,11H2,(H,21,24)(H,22,26)/t16-/m1/s1. The molecule has 4 amide bonds. The molecule has 2 heterocycles. The van der Waals surface area contributed by atoms with Gasteiger partial charge in [-0.05, 0) is 24.5 Å². The number of fused-ring (bicyclic) bond motifs is 1. The molecule has 26 heavy (non-hydrogen) atoms. The highest BCUT2D eigenvalue weighted by Gasteiger charge is 2.39. The van der Waals surface area contributed by atoms with Gasteiger partial charge in [-0.25, -0.2) is 4.79 Å². The second kappa shape index (κ2) is 6.82. The smallest absolute Gasteiger partial charge is 0.325 e. The quantitative estimate of drug-likeness (QED) is 0.713. The molecular formula is C19H22N4O3. The number of rotatable bonds is 5. The summed E-state index contributed by atoms with van der Waals surface area (Å²) in [6.45, 7) is -0.217. The molecule has 1 saturated carbocycles. The van der Waals surface area contributed by atoms with Gasteiger partial charge in [-0.1, -0.05) is 31.0 Å². The van der Waals surface area contributed by atoms with E-state index in [1.54, 1.807) is 0 Å². The molecule has 1 saturated heterocycles. The predicted octanol–water partition coefficient (Wildman–Crippen LogP) is 1.69. The van der Waals surface area contributed by atoms with E-state index in [1.165, 1.54) is 0 Å². The first-order chi connectivity index (χ1) is 12.6. The van der Waals surface area contributed by atoms with Crippen LogP contribution >= 0.6 is 0 Å². The Balaban J connectivity index is 1.41. The number of carbonyl (C=O) groups excluding carboxylic acids is 3. The van der Waals surface area contributed by atoms with Crippen LogP contribution in [-0.4, -0.2) is 46.4 Å². The van der Waals surface area contributed by atoms with Crippen LogP contribution in [0.15, 0.2) is 30.5 Å². The summed E-state index contributed by atoms with van der Waals surface area (Å²) < 4.78 is 0. The molecule has 3 N–H and O–H groups in total. The lowest BCUT2D eigenvalue weighted by Crippen LogP contribution is -2.44. The average Bonchev–Trinajstić information content (AvgIpc) is 3.33. The van der Waals surface area contributed by atoms with Crippen molar-refractivity contribution in [2.24, 2.45) is 0 Å². The number of carbonyl (C=O) groups is 3. The van der Waals surface area contributed by atoms with Crippen LogP contribution in [0, 0.1) is 0 Å². The first kappa shape index (κ1) is 16.6. The second-order valence-electron chi connectivity index (χ2n) is 7.04. The number of aromatic amines is 1. The Kier molecular flexibility index (Phi) is 4.36. The van der Waals surface area contributed by atoms with E-state index in [0.29, 0.717) is 6.42 Å². The molecule has 1 aromatic heterocycles. The Morgan fingerprint density at radius 3 is 2.77 bits per heavy atom. The summed E-state index contributed by atoms with van der Waals surface area (Å²) in [4.78, 5) is 41.1. The summed E-state index contributed by atoms with van der Waals surface area (Å²) in [7, 11) is 0. The first-order valence-electron chi connectivity index (χ1n) is 9.08. The number of H-pyrrole nitrogens is 1. The lowest BCUT2D eigenvalue weighted by Gasteiger charge is -2.16. The van der Waals surface area contributed by atoms with Crippen molar-refractivity contribution in [3.63, 3.8) is 0 Å². The molecule has 136 valence electrons. The lowest BCUT2D eigenvalue weighted by atomic mass is 10.1. The van der Waals surface area contributed by atoms with E-state index < -0.39 is 12.1 Å². The normalized spacial score (nSPS) is 20.8. The molecule has 2 aromatic rings. The van der Waals surface area contributed by atoms with Crippen molar-refractivity contribution < 1.29 is 14.4 Å². The van der Waals surface area contributed by atoms with Gasteiger partial charge in [0, 0.05) is 29.6 Å². The average molecular weight is 354 g/mol. The summed E-state index contributed by atoms with van der Waals surface area (Å²) in [6.07, 6.45) is 6.42. The molecule has 1 aliphatic heterocycles. The molecule has 1 aliphatic carbocycles. The van der Waals surface area contributed by atoms with Gasteiger partial charge in [0.05, 0.1) is 0 Å². The Morgan fingerprint density at radius 2 is 1.96 bits per heavy atom. The molecule has 0 radical (unpaired) electrons. The zero-order chi connectivity index (χ0) is 18.1. The Labute approximate surface area is 151 Å². The van der Waals surface area contributed by atoms with Crippen molar-refractivity contribution in [1.29, 1.82) is 0 Å². The van der Waals surface area contributed by atoms with Crippen molar-refractivity contribution in [2.45, 2.75) is 44.2 Å². The summed E-state index contributed by atoms with van der Waals surface area (Å²) in [5.41, 5.74) is 1.96. The fourth-order valence-electron chi connectivity index (χ4n) is 3.87. The zero-order valence-corrected chi connectivity index (χ0v) is 14.5. The minimum absolute atomic E-state index is 0.172. The molecule has 4 rings (SSSR count). The van der Waals surface area contributed by atoms with Crippen LogP contribution in [0.2, 0.25) is 0 Å². The van der Waals surface area contributed by atoms with Gasteiger partial charge in [-0.2, -0.15) is 0 Å². The summed E-state index contributed by atoms with van der Waals surface area (Å²) in [6, 6.07) is 6.86. The van der Waals surface area contributed by atoms with Gasteiger partial charge in [0.15, 0.2) is 0 Å². The van der Waals surface area contributed by atoms with E-state index in [4.69, 9.17) is 0 Å². The van der Waals surface area contributed by atoms with Gasteiger partial charge in [0.25, 0.3) is 5.91 Å². The van der Waals surface area contributed by atoms with Crippen LogP contribution in [0.25, 0.3) is 10.9 Å². The fourth-order valence-corrected chi connectivity index (χ4v) is 3.87. The van der Waals surface area contributed by atoms with Gasteiger partial charge in [-0.3, -0.25) is 14.5 Å². The van der Waals surface area contributed by atoms with Gasteiger partial charge in [-0.15, -0.1) is 0 Å². The van der Waals surface area contributed by atoms with Crippen LogP contribution in [0.3, 0.4) is 0 Å². The van der Waals surface area contributed by atoms with E-state index in [2.05, 4.69) is 15.6 Å². The molecule has 2 aliphatic rings. The monoisotopic (exact) mass is 354 g/mol. The second-order valence-corrected chi connectivity index (χ2v) is 7.04. The van der Waals surface area contributed by atoms with Gasteiger partial charge in [0.2, 0.25) is 5.91 Å². The molecule has 7 heteroatoms. The number of urea groups is 1. The Hall–Kier alpha value is -2.83. The molecule has 7 nitrogen and oxygen atoms in total. The van der Waals surface area contributed by atoms with Gasteiger partial charge in [0.1, 0.15) is 12.6 Å².